The summed E-state index contributed by atoms with van der Waals surface area (Å²) in [5.74, 6) is -1.41. The summed E-state index contributed by atoms with van der Waals surface area (Å²) in [7, 11) is -9.87. The molecule has 6 atom stereocenters. The highest BCUT2D eigenvalue weighted by molar-refractivity contribution is 7.47. The Labute approximate surface area is 486 Å². The molecule has 0 spiro atoms. The number of carbonyl (C=O) groups is 4. The lowest BCUT2D eigenvalue weighted by atomic mass is 10.00. The van der Waals surface area contributed by atoms with E-state index >= 15 is 0 Å². The molecule has 0 aromatic carbocycles. The molecule has 80 heavy (non-hydrogen) atoms. The van der Waals surface area contributed by atoms with Gasteiger partial charge in [-0.1, -0.05) is 253 Å². The highest BCUT2D eigenvalue weighted by Gasteiger charge is 2.30. The van der Waals surface area contributed by atoms with Crippen LogP contribution in [0.25, 0.3) is 0 Å². The first kappa shape index (κ1) is 78.1. The second kappa shape index (κ2) is 55.0. The standard InChI is InChI=1S/C61H118O17P2/c1-6-10-13-16-19-22-23-24-25-27-30-37-42-47-61(66)78-57(51-72-59(64)45-40-35-32-31-33-38-43-54(5)9-4)53-76-80(69,70)74-49-55(62)48-73-79(67,68)75-52-56(50-71-58(63)44-39-34-28-21-18-15-12-8-3)77-60(65)46-41-36-29-26-20-17-14-11-7-2/h54-57,62H,6-53H2,1-5H3,(H,67,68)(H,69,70)/t54?,55-,56+,57+/m0/s1. The van der Waals surface area contributed by atoms with Crippen LogP contribution >= 0.6 is 15.6 Å². The van der Waals surface area contributed by atoms with E-state index in [4.69, 9.17) is 37.0 Å². The number of carbonyl (C=O) groups excluding carboxylic acids is 4. The van der Waals surface area contributed by atoms with Gasteiger partial charge in [0.05, 0.1) is 26.4 Å². The van der Waals surface area contributed by atoms with Crippen LogP contribution in [0.2, 0.25) is 0 Å². The Kier molecular flexibility index (Phi) is 53.6. The molecule has 0 aliphatic carbocycles. The van der Waals surface area contributed by atoms with Gasteiger partial charge in [-0.2, -0.15) is 0 Å². The molecule has 0 aliphatic rings. The molecular weight excluding hydrogens is 1070 g/mol. The molecule has 3 N–H and O–H groups in total. The second-order valence-corrected chi connectivity index (χ2v) is 25.2. The quantitative estimate of drug-likeness (QED) is 0.0222. The molecule has 19 heteroatoms. The van der Waals surface area contributed by atoms with Gasteiger partial charge in [0, 0.05) is 25.7 Å². The molecule has 474 valence electrons. The van der Waals surface area contributed by atoms with Crippen LogP contribution in [0.3, 0.4) is 0 Å². The largest absolute Gasteiger partial charge is 0.472 e. The van der Waals surface area contributed by atoms with E-state index < -0.39 is 97.5 Å². The SMILES string of the molecule is CCCCCCCCCCCCCCCC(=O)O[C@H](COC(=O)CCCCCCCCC(C)CC)COP(=O)(O)OC[C@@H](O)COP(=O)(O)OC[C@@H](COC(=O)CCCCCCCCCC)OC(=O)CCCCCCCCCCC. The Morgan fingerprint density at radius 1 is 0.350 bits per heavy atom. The van der Waals surface area contributed by atoms with Gasteiger partial charge in [0.2, 0.25) is 0 Å². The van der Waals surface area contributed by atoms with Crippen LogP contribution in [-0.2, 0) is 65.4 Å². The maximum atomic E-state index is 12.9. The summed E-state index contributed by atoms with van der Waals surface area (Å²) >= 11 is 0. The van der Waals surface area contributed by atoms with Crippen molar-refractivity contribution >= 4 is 39.5 Å². The molecule has 0 bridgehead atoms. The molecule has 0 aromatic rings. The lowest BCUT2D eigenvalue weighted by molar-refractivity contribution is -0.161. The topological polar surface area (TPSA) is 237 Å². The van der Waals surface area contributed by atoms with Gasteiger partial charge < -0.3 is 33.8 Å². The van der Waals surface area contributed by atoms with Gasteiger partial charge in [0.25, 0.3) is 0 Å². The van der Waals surface area contributed by atoms with E-state index in [9.17, 15) is 43.2 Å². The van der Waals surface area contributed by atoms with E-state index in [-0.39, 0.29) is 25.7 Å². The summed E-state index contributed by atoms with van der Waals surface area (Å²) in [6, 6.07) is 0. The maximum Gasteiger partial charge on any atom is 0.472 e. The zero-order valence-corrected chi connectivity index (χ0v) is 53.0. The van der Waals surface area contributed by atoms with Crippen LogP contribution in [0.5, 0.6) is 0 Å². The van der Waals surface area contributed by atoms with E-state index in [2.05, 4.69) is 34.6 Å². The summed E-state index contributed by atoms with van der Waals surface area (Å²) in [4.78, 5) is 71.9. The van der Waals surface area contributed by atoms with Gasteiger partial charge >= 0.3 is 39.5 Å². The van der Waals surface area contributed by atoms with Crippen molar-refractivity contribution in [1.82, 2.24) is 0 Å². The van der Waals surface area contributed by atoms with E-state index in [1.807, 2.05) is 0 Å². The lowest BCUT2D eigenvalue weighted by Crippen LogP contribution is -2.30. The predicted octanol–water partition coefficient (Wildman–Crippen LogP) is 16.6. The van der Waals surface area contributed by atoms with Crippen LogP contribution in [0.1, 0.15) is 304 Å². The highest BCUT2D eigenvalue weighted by Crippen LogP contribution is 2.45. The number of unbranched alkanes of at least 4 members (excludes halogenated alkanes) is 32. The third kappa shape index (κ3) is 54.0. The first-order valence-electron chi connectivity index (χ1n) is 32.2. The van der Waals surface area contributed by atoms with Crippen molar-refractivity contribution < 1.29 is 80.2 Å². The number of ether oxygens (including phenoxy) is 4. The fraction of sp³-hybridized carbons (Fsp3) is 0.934. The maximum absolute atomic E-state index is 12.9. The van der Waals surface area contributed by atoms with Crippen molar-refractivity contribution in [3.05, 3.63) is 0 Å². The number of aliphatic hydroxyl groups is 1. The van der Waals surface area contributed by atoms with Gasteiger partial charge in [-0.05, 0) is 31.6 Å². The molecule has 3 unspecified atom stereocenters. The summed E-state index contributed by atoms with van der Waals surface area (Å²) in [6.45, 7) is 7.09. The van der Waals surface area contributed by atoms with Gasteiger partial charge in [-0.25, -0.2) is 9.13 Å². The molecule has 0 rings (SSSR count). The fourth-order valence-corrected chi connectivity index (χ4v) is 10.6. The Morgan fingerprint density at radius 3 is 0.887 bits per heavy atom. The predicted molar refractivity (Wildman–Crippen MR) is 317 cm³/mol. The zero-order valence-electron chi connectivity index (χ0n) is 51.2. The Morgan fingerprint density at radius 2 is 0.600 bits per heavy atom. The minimum Gasteiger partial charge on any atom is -0.462 e. The first-order valence-corrected chi connectivity index (χ1v) is 35.2. The smallest absolute Gasteiger partial charge is 0.462 e. The van der Waals surface area contributed by atoms with Crippen molar-refractivity contribution in [3.63, 3.8) is 0 Å². The Balaban J connectivity index is 5.22. The number of hydrogen-bond donors (Lipinski definition) is 3. The van der Waals surface area contributed by atoms with Crippen molar-refractivity contribution in [2.75, 3.05) is 39.6 Å². The van der Waals surface area contributed by atoms with E-state index in [1.54, 1.807) is 0 Å². The number of esters is 4. The van der Waals surface area contributed by atoms with E-state index in [0.717, 1.165) is 109 Å². The second-order valence-electron chi connectivity index (χ2n) is 22.3. The zero-order chi connectivity index (χ0) is 59.2. The average molecular weight is 1190 g/mol. The molecule has 0 aromatic heterocycles. The van der Waals surface area contributed by atoms with Crippen LogP contribution in [0, 0.1) is 5.92 Å². The van der Waals surface area contributed by atoms with Gasteiger partial charge in [-0.3, -0.25) is 37.3 Å². The Hall–Kier alpha value is -1.94. The average Bonchev–Trinajstić information content (AvgIpc) is 3.43. The lowest BCUT2D eigenvalue weighted by Gasteiger charge is -2.21. The van der Waals surface area contributed by atoms with Crippen LogP contribution in [-0.4, -0.2) is 96.7 Å². The molecule has 0 saturated carbocycles. The Bertz CT molecular complexity index is 1570. The third-order valence-electron chi connectivity index (χ3n) is 14.4. The van der Waals surface area contributed by atoms with Crippen molar-refractivity contribution in [2.45, 2.75) is 323 Å². The van der Waals surface area contributed by atoms with Gasteiger partial charge in [0.1, 0.15) is 19.3 Å². The number of rotatable bonds is 61. The molecule has 0 fully saturated rings. The summed E-state index contributed by atoms with van der Waals surface area (Å²) < 4.78 is 67.8. The number of aliphatic hydroxyl groups excluding tert-OH is 1. The molecule has 0 heterocycles. The number of hydrogen-bond acceptors (Lipinski definition) is 15. The number of phosphoric ester groups is 2. The van der Waals surface area contributed by atoms with Gasteiger partial charge in [-0.15, -0.1) is 0 Å². The molecular formula is C61H118O17P2. The van der Waals surface area contributed by atoms with E-state index in [1.165, 1.54) is 116 Å². The van der Waals surface area contributed by atoms with Crippen LogP contribution < -0.4 is 0 Å². The summed E-state index contributed by atoms with van der Waals surface area (Å²) in [5.41, 5.74) is 0. The monoisotopic (exact) mass is 1180 g/mol. The van der Waals surface area contributed by atoms with Gasteiger partial charge in [0.15, 0.2) is 12.2 Å². The number of phosphoric acid groups is 2. The third-order valence-corrected chi connectivity index (χ3v) is 16.3. The van der Waals surface area contributed by atoms with E-state index in [0.29, 0.717) is 25.7 Å². The molecule has 0 amide bonds. The van der Waals surface area contributed by atoms with Crippen LogP contribution in [0.4, 0.5) is 0 Å². The summed E-state index contributed by atoms with van der Waals surface area (Å²) in [6.07, 6.45) is 37.6. The minimum atomic E-state index is -4.94. The van der Waals surface area contributed by atoms with Crippen LogP contribution in [0.15, 0.2) is 0 Å². The minimum absolute atomic E-state index is 0.105. The molecule has 0 radical (unpaired) electrons. The normalized spacial score (nSPS) is 14.7. The first-order chi connectivity index (χ1) is 38.6. The molecule has 0 aliphatic heterocycles. The van der Waals surface area contributed by atoms with Crippen molar-refractivity contribution in [2.24, 2.45) is 5.92 Å². The van der Waals surface area contributed by atoms with Crippen molar-refractivity contribution in [3.8, 4) is 0 Å². The highest BCUT2D eigenvalue weighted by atomic mass is 31.2. The molecule has 0 saturated heterocycles. The van der Waals surface area contributed by atoms with Crippen molar-refractivity contribution in [1.29, 1.82) is 0 Å². The summed E-state index contributed by atoms with van der Waals surface area (Å²) in [5, 5.41) is 10.5. The molecule has 17 nitrogen and oxygen atoms in total. The fourth-order valence-electron chi connectivity index (χ4n) is 9.02.